The lowest BCUT2D eigenvalue weighted by atomic mass is 10.1. The van der Waals surface area contributed by atoms with Crippen molar-refractivity contribution in [3.8, 4) is 11.4 Å². The van der Waals surface area contributed by atoms with Crippen molar-refractivity contribution in [3.63, 3.8) is 0 Å². The number of aromatic nitrogens is 3. The van der Waals surface area contributed by atoms with Gasteiger partial charge in [0.05, 0.1) is 4.90 Å². The fourth-order valence-corrected chi connectivity index (χ4v) is 5.60. The zero-order valence-corrected chi connectivity index (χ0v) is 21.3. The smallest absolute Gasteiger partial charge is 0.253 e. The van der Waals surface area contributed by atoms with Gasteiger partial charge in [0, 0.05) is 63.5 Å². The molecule has 1 aliphatic carbocycles. The predicted octanol–water partition coefficient (Wildman–Crippen LogP) is 3.00. The van der Waals surface area contributed by atoms with Crippen molar-refractivity contribution in [1.82, 2.24) is 24.3 Å². The largest absolute Gasteiger partial charge is 0.353 e. The number of carbonyl (C=O) groups is 1. The first kappa shape index (κ1) is 24.4. The molecular formula is C25H30N6O4S. The molecule has 1 aromatic carbocycles. The summed E-state index contributed by atoms with van der Waals surface area (Å²) in [5.41, 5.74) is 1.29. The van der Waals surface area contributed by atoms with Gasteiger partial charge in [0.25, 0.3) is 5.91 Å². The number of hydrogen-bond acceptors (Lipinski definition) is 8. The van der Waals surface area contributed by atoms with Crippen LogP contribution in [0.2, 0.25) is 0 Å². The third-order valence-electron chi connectivity index (χ3n) is 6.92. The van der Waals surface area contributed by atoms with Gasteiger partial charge in [-0.2, -0.15) is 4.98 Å². The summed E-state index contributed by atoms with van der Waals surface area (Å²) in [5.74, 6) is 2.39. The van der Waals surface area contributed by atoms with Gasteiger partial charge in [0.1, 0.15) is 5.82 Å². The molecule has 0 unspecified atom stereocenters. The molecule has 0 bridgehead atoms. The average molecular weight is 511 g/mol. The second-order valence-corrected chi connectivity index (χ2v) is 11.6. The van der Waals surface area contributed by atoms with Crippen LogP contribution < -0.4 is 4.90 Å². The van der Waals surface area contributed by atoms with Gasteiger partial charge in [-0.25, -0.2) is 17.7 Å². The van der Waals surface area contributed by atoms with Gasteiger partial charge in [0.15, 0.2) is 0 Å². The van der Waals surface area contributed by atoms with Gasteiger partial charge in [-0.1, -0.05) is 18.0 Å². The minimum atomic E-state index is -3.52. The van der Waals surface area contributed by atoms with E-state index >= 15 is 0 Å². The van der Waals surface area contributed by atoms with E-state index in [0.717, 1.165) is 34.4 Å². The SMILES string of the molecule is CN(C)S(=O)(=O)c1ccc(C(=O)N2CCN(c3ccc(-c4noc(C5CCCC5)n4)cn3)CC2)cc1. The van der Waals surface area contributed by atoms with Crippen LogP contribution in [-0.2, 0) is 10.0 Å². The number of hydrogen-bond donors (Lipinski definition) is 0. The first-order chi connectivity index (χ1) is 17.3. The van der Waals surface area contributed by atoms with Crippen molar-refractivity contribution in [2.75, 3.05) is 45.2 Å². The molecule has 36 heavy (non-hydrogen) atoms. The lowest BCUT2D eigenvalue weighted by Gasteiger charge is -2.35. The molecule has 3 heterocycles. The lowest BCUT2D eigenvalue weighted by Crippen LogP contribution is -2.49. The maximum Gasteiger partial charge on any atom is 0.253 e. The number of sulfonamides is 1. The van der Waals surface area contributed by atoms with E-state index in [1.54, 1.807) is 23.2 Å². The van der Waals surface area contributed by atoms with Crippen molar-refractivity contribution < 1.29 is 17.7 Å². The van der Waals surface area contributed by atoms with E-state index in [-0.39, 0.29) is 10.8 Å². The summed E-state index contributed by atoms with van der Waals surface area (Å²) in [6.07, 6.45) is 6.41. The van der Waals surface area contributed by atoms with Crippen LogP contribution in [0.25, 0.3) is 11.4 Å². The van der Waals surface area contributed by atoms with Gasteiger partial charge < -0.3 is 14.3 Å². The predicted molar refractivity (Wildman–Crippen MR) is 134 cm³/mol. The van der Waals surface area contributed by atoms with E-state index in [4.69, 9.17) is 4.52 Å². The summed E-state index contributed by atoms with van der Waals surface area (Å²) in [6.45, 7) is 2.41. The summed E-state index contributed by atoms with van der Waals surface area (Å²) in [5, 5.41) is 4.14. The quantitative estimate of drug-likeness (QED) is 0.497. The molecule has 3 aromatic rings. The Morgan fingerprint density at radius 1 is 1.00 bits per heavy atom. The zero-order valence-electron chi connectivity index (χ0n) is 20.5. The Labute approximate surface area is 211 Å². The Morgan fingerprint density at radius 3 is 2.31 bits per heavy atom. The Bertz CT molecular complexity index is 1310. The summed E-state index contributed by atoms with van der Waals surface area (Å²) in [6, 6.07) is 9.99. The number of piperazine rings is 1. The highest BCUT2D eigenvalue weighted by atomic mass is 32.2. The first-order valence-corrected chi connectivity index (χ1v) is 13.6. The number of pyridine rings is 1. The minimum Gasteiger partial charge on any atom is -0.353 e. The van der Waals surface area contributed by atoms with E-state index < -0.39 is 10.0 Å². The summed E-state index contributed by atoms with van der Waals surface area (Å²) >= 11 is 0. The molecule has 1 saturated carbocycles. The second kappa shape index (κ2) is 9.98. The molecule has 11 heteroatoms. The highest BCUT2D eigenvalue weighted by Crippen LogP contribution is 2.34. The fraction of sp³-hybridized carbons (Fsp3) is 0.440. The number of rotatable bonds is 6. The molecule has 0 N–H and O–H groups in total. The molecule has 0 spiro atoms. The van der Waals surface area contributed by atoms with E-state index in [1.807, 2.05) is 12.1 Å². The van der Waals surface area contributed by atoms with Gasteiger partial charge >= 0.3 is 0 Å². The van der Waals surface area contributed by atoms with Gasteiger partial charge in [-0.15, -0.1) is 0 Å². The number of nitrogens with zero attached hydrogens (tertiary/aromatic N) is 6. The molecule has 1 amide bonds. The topological polar surface area (TPSA) is 113 Å². The Hall–Kier alpha value is -3.31. The molecule has 10 nitrogen and oxygen atoms in total. The fourth-order valence-electron chi connectivity index (χ4n) is 4.70. The first-order valence-electron chi connectivity index (χ1n) is 12.2. The molecule has 5 rings (SSSR count). The van der Waals surface area contributed by atoms with Crippen molar-refractivity contribution in [1.29, 1.82) is 0 Å². The number of benzene rings is 1. The highest BCUT2D eigenvalue weighted by Gasteiger charge is 2.25. The average Bonchev–Trinajstić information content (AvgIpc) is 3.61. The van der Waals surface area contributed by atoms with Crippen molar-refractivity contribution in [3.05, 3.63) is 54.0 Å². The molecule has 1 saturated heterocycles. The molecule has 0 atom stereocenters. The van der Waals surface area contributed by atoms with Crippen LogP contribution in [0.1, 0.15) is 47.8 Å². The normalized spacial score (nSPS) is 17.2. The van der Waals surface area contributed by atoms with Gasteiger partial charge in [-0.3, -0.25) is 4.79 Å². The standard InChI is InChI=1S/C25H30N6O4S/c1-29(2)36(33,34)21-10-7-19(8-11-21)25(32)31-15-13-30(14-16-31)22-12-9-20(17-26-22)23-27-24(35-28-23)18-5-3-4-6-18/h7-12,17-18H,3-6,13-16H2,1-2H3. The Morgan fingerprint density at radius 2 is 1.69 bits per heavy atom. The zero-order chi connectivity index (χ0) is 25.3. The van der Waals surface area contributed by atoms with Crippen LogP contribution in [0.4, 0.5) is 5.82 Å². The van der Waals surface area contributed by atoms with Crippen molar-refractivity contribution >= 4 is 21.7 Å². The van der Waals surface area contributed by atoms with Crippen LogP contribution >= 0.6 is 0 Å². The lowest BCUT2D eigenvalue weighted by molar-refractivity contribution is 0.0746. The Balaban J connectivity index is 1.18. The van der Waals surface area contributed by atoms with E-state index in [9.17, 15) is 13.2 Å². The summed E-state index contributed by atoms with van der Waals surface area (Å²) in [4.78, 5) is 26.2. The molecule has 2 fully saturated rings. The van der Waals surface area contributed by atoms with E-state index in [0.29, 0.717) is 43.5 Å². The maximum absolute atomic E-state index is 12.9. The molecule has 190 valence electrons. The van der Waals surface area contributed by atoms with E-state index in [2.05, 4.69) is 20.0 Å². The van der Waals surface area contributed by atoms with Crippen LogP contribution in [0.5, 0.6) is 0 Å². The number of anilines is 1. The van der Waals surface area contributed by atoms with Gasteiger partial charge in [-0.05, 0) is 49.2 Å². The maximum atomic E-state index is 12.9. The summed E-state index contributed by atoms with van der Waals surface area (Å²) in [7, 11) is -0.563. The summed E-state index contributed by atoms with van der Waals surface area (Å²) < 4.78 is 31.1. The second-order valence-electron chi connectivity index (χ2n) is 9.43. The highest BCUT2D eigenvalue weighted by molar-refractivity contribution is 7.89. The van der Waals surface area contributed by atoms with Crippen molar-refractivity contribution in [2.24, 2.45) is 0 Å². The molecule has 1 aliphatic heterocycles. The third kappa shape index (κ3) is 4.85. The molecule has 2 aromatic heterocycles. The monoisotopic (exact) mass is 510 g/mol. The van der Waals surface area contributed by atoms with Gasteiger partial charge in [0.2, 0.25) is 21.7 Å². The number of amides is 1. The molecule has 0 radical (unpaired) electrons. The Kier molecular flexibility index (Phi) is 6.76. The molecule has 2 aliphatic rings. The van der Waals surface area contributed by atoms with Crippen LogP contribution in [0.15, 0.2) is 52.0 Å². The third-order valence-corrected chi connectivity index (χ3v) is 8.75. The minimum absolute atomic E-state index is 0.109. The van der Waals surface area contributed by atoms with Crippen molar-refractivity contribution in [2.45, 2.75) is 36.5 Å². The molecular weight excluding hydrogens is 480 g/mol. The number of carbonyl (C=O) groups excluding carboxylic acids is 1. The van der Waals surface area contributed by atoms with Crippen LogP contribution in [0, 0.1) is 0 Å². The van der Waals surface area contributed by atoms with Crippen LogP contribution in [0.3, 0.4) is 0 Å². The van der Waals surface area contributed by atoms with Crippen LogP contribution in [-0.4, -0.2) is 78.9 Å². The van der Waals surface area contributed by atoms with E-state index in [1.165, 1.54) is 39.1 Å².